The minimum atomic E-state index is -0.807. The number of amides is 1. The Morgan fingerprint density at radius 1 is 1.50 bits per heavy atom. The number of nitriles is 1. The summed E-state index contributed by atoms with van der Waals surface area (Å²) in [5.41, 5.74) is 6.78. The van der Waals surface area contributed by atoms with Crippen LogP contribution in [0.1, 0.15) is 25.0 Å². The van der Waals surface area contributed by atoms with E-state index in [-0.39, 0.29) is 0 Å². The van der Waals surface area contributed by atoms with Crippen LogP contribution in [-0.4, -0.2) is 11.4 Å². The first-order valence-corrected chi connectivity index (χ1v) is 4.95. The van der Waals surface area contributed by atoms with E-state index in [2.05, 4.69) is 11.4 Å². The van der Waals surface area contributed by atoms with Crippen LogP contribution < -0.4 is 11.1 Å². The number of nitrogens with one attached hydrogen (secondary N) is 1. The Labute approximate surface area is 95.1 Å². The van der Waals surface area contributed by atoms with Gasteiger partial charge in [-0.05, 0) is 44.5 Å². The average molecular weight is 217 g/mol. The van der Waals surface area contributed by atoms with E-state index in [4.69, 9.17) is 11.0 Å². The number of carbonyl (C=O) groups excluding carboxylic acids is 1. The first kappa shape index (κ1) is 12.1. The van der Waals surface area contributed by atoms with Crippen LogP contribution in [-0.2, 0) is 4.79 Å². The molecule has 0 spiro atoms. The van der Waals surface area contributed by atoms with Crippen molar-refractivity contribution >= 4 is 11.6 Å². The Morgan fingerprint density at radius 2 is 2.12 bits per heavy atom. The number of rotatable bonds is 3. The summed E-state index contributed by atoms with van der Waals surface area (Å²) in [7, 11) is 0. The first-order valence-electron chi connectivity index (χ1n) is 4.95. The summed E-state index contributed by atoms with van der Waals surface area (Å²) >= 11 is 0. The summed E-state index contributed by atoms with van der Waals surface area (Å²) in [6.45, 7) is 5.31. The van der Waals surface area contributed by atoms with Crippen LogP contribution in [0.2, 0.25) is 0 Å². The molecule has 1 rings (SSSR count). The van der Waals surface area contributed by atoms with Crippen LogP contribution >= 0.6 is 0 Å². The number of hydrogen-bond donors (Lipinski definition) is 2. The highest BCUT2D eigenvalue weighted by Gasteiger charge is 2.24. The largest absolute Gasteiger partial charge is 0.371 e. The molecule has 1 amide bonds. The normalized spacial score (nSPS) is 10.6. The monoisotopic (exact) mass is 217 g/mol. The molecule has 1 aromatic rings. The number of nitrogens with zero attached hydrogens (tertiary/aromatic N) is 1. The van der Waals surface area contributed by atoms with Crippen LogP contribution in [0.4, 0.5) is 5.69 Å². The van der Waals surface area contributed by atoms with Gasteiger partial charge in [-0.15, -0.1) is 0 Å². The molecule has 4 nitrogen and oxygen atoms in total. The molecule has 0 aliphatic heterocycles. The molecule has 0 aromatic heterocycles. The zero-order chi connectivity index (χ0) is 12.3. The Bertz CT molecular complexity index is 458. The van der Waals surface area contributed by atoms with Crippen LogP contribution in [0, 0.1) is 18.3 Å². The SMILES string of the molecule is Cc1cc(C#N)ccc1NC(C)(C)C(N)=O. The first-order chi connectivity index (χ1) is 7.36. The molecule has 0 heterocycles. The molecule has 3 N–H and O–H groups in total. The smallest absolute Gasteiger partial charge is 0.242 e. The second-order valence-corrected chi connectivity index (χ2v) is 4.26. The Kier molecular flexibility index (Phi) is 3.19. The van der Waals surface area contributed by atoms with Gasteiger partial charge in [0.2, 0.25) is 5.91 Å². The van der Waals surface area contributed by atoms with Gasteiger partial charge in [0.05, 0.1) is 11.6 Å². The average Bonchev–Trinajstić information content (AvgIpc) is 2.20. The zero-order valence-electron chi connectivity index (χ0n) is 9.66. The predicted octanol–water partition coefficient (Wildman–Crippen LogP) is 1.54. The summed E-state index contributed by atoms with van der Waals surface area (Å²) in [6.07, 6.45) is 0. The molecule has 0 aliphatic carbocycles. The lowest BCUT2D eigenvalue weighted by molar-refractivity contribution is -0.121. The second kappa shape index (κ2) is 4.23. The Balaban J connectivity index is 3.00. The lowest BCUT2D eigenvalue weighted by Gasteiger charge is -2.24. The van der Waals surface area contributed by atoms with E-state index in [0.29, 0.717) is 5.56 Å². The quantitative estimate of drug-likeness (QED) is 0.806. The molecular formula is C12H15N3O. The highest BCUT2D eigenvalue weighted by atomic mass is 16.1. The van der Waals surface area contributed by atoms with Gasteiger partial charge < -0.3 is 11.1 Å². The summed E-state index contributed by atoms with van der Waals surface area (Å²) in [5, 5.41) is 11.8. The predicted molar refractivity (Wildman–Crippen MR) is 62.8 cm³/mol. The van der Waals surface area contributed by atoms with Gasteiger partial charge in [0, 0.05) is 5.69 Å². The number of hydrogen-bond acceptors (Lipinski definition) is 3. The summed E-state index contributed by atoms with van der Waals surface area (Å²) < 4.78 is 0. The number of primary amides is 1. The molecule has 84 valence electrons. The van der Waals surface area contributed by atoms with Crippen molar-refractivity contribution in [1.29, 1.82) is 5.26 Å². The molecule has 0 bridgehead atoms. The van der Waals surface area contributed by atoms with E-state index in [1.54, 1.807) is 32.0 Å². The lowest BCUT2D eigenvalue weighted by Crippen LogP contribution is -2.45. The van der Waals surface area contributed by atoms with Crippen LogP contribution in [0.15, 0.2) is 18.2 Å². The maximum Gasteiger partial charge on any atom is 0.242 e. The van der Waals surface area contributed by atoms with E-state index >= 15 is 0 Å². The molecule has 16 heavy (non-hydrogen) atoms. The minimum absolute atomic E-state index is 0.420. The molecule has 0 radical (unpaired) electrons. The van der Waals surface area contributed by atoms with E-state index in [1.807, 2.05) is 6.92 Å². The summed E-state index contributed by atoms with van der Waals surface area (Å²) in [4.78, 5) is 11.2. The molecule has 0 aliphatic rings. The van der Waals surface area contributed by atoms with Gasteiger partial charge in [0.1, 0.15) is 5.54 Å². The molecule has 4 heteroatoms. The van der Waals surface area contributed by atoms with E-state index in [9.17, 15) is 4.79 Å². The number of anilines is 1. The summed E-state index contributed by atoms with van der Waals surface area (Å²) in [5.74, 6) is -0.420. The van der Waals surface area contributed by atoms with Gasteiger partial charge in [-0.2, -0.15) is 5.26 Å². The third-order valence-corrected chi connectivity index (χ3v) is 2.42. The Morgan fingerprint density at radius 3 is 2.56 bits per heavy atom. The molecular weight excluding hydrogens is 202 g/mol. The standard InChI is InChI=1S/C12H15N3O/c1-8-6-9(7-13)4-5-10(8)15-12(2,3)11(14)16/h4-6,15H,1-3H3,(H2,14,16). The van der Waals surface area contributed by atoms with Crippen LogP contribution in [0.5, 0.6) is 0 Å². The third kappa shape index (κ3) is 2.51. The maximum absolute atomic E-state index is 11.2. The van der Waals surface area contributed by atoms with Gasteiger partial charge in [-0.1, -0.05) is 0 Å². The van der Waals surface area contributed by atoms with E-state index in [0.717, 1.165) is 11.3 Å². The van der Waals surface area contributed by atoms with Crippen molar-refractivity contribution in [2.45, 2.75) is 26.3 Å². The highest BCUT2D eigenvalue weighted by Crippen LogP contribution is 2.20. The number of benzene rings is 1. The topological polar surface area (TPSA) is 78.9 Å². The highest BCUT2D eigenvalue weighted by molar-refractivity contribution is 5.87. The van der Waals surface area contributed by atoms with Crippen molar-refractivity contribution < 1.29 is 4.79 Å². The number of aryl methyl sites for hydroxylation is 1. The van der Waals surface area contributed by atoms with Gasteiger partial charge in [-0.3, -0.25) is 4.79 Å². The van der Waals surface area contributed by atoms with Crippen molar-refractivity contribution in [2.75, 3.05) is 5.32 Å². The zero-order valence-corrected chi connectivity index (χ0v) is 9.66. The van der Waals surface area contributed by atoms with Crippen molar-refractivity contribution in [2.24, 2.45) is 5.73 Å². The molecule has 0 unspecified atom stereocenters. The van der Waals surface area contributed by atoms with Gasteiger partial charge in [0.15, 0.2) is 0 Å². The van der Waals surface area contributed by atoms with Crippen molar-refractivity contribution in [3.8, 4) is 6.07 Å². The van der Waals surface area contributed by atoms with Gasteiger partial charge in [0.25, 0.3) is 0 Å². The lowest BCUT2D eigenvalue weighted by atomic mass is 10.0. The fourth-order valence-corrected chi connectivity index (χ4v) is 1.27. The Hall–Kier alpha value is -2.02. The molecule has 0 saturated carbocycles. The van der Waals surface area contributed by atoms with Crippen LogP contribution in [0.3, 0.4) is 0 Å². The number of carbonyl (C=O) groups is 1. The van der Waals surface area contributed by atoms with Gasteiger partial charge >= 0.3 is 0 Å². The van der Waals surface area contributed by atoms with Crippen LogP contribution in [0.25, 0.3) is 0 Å². The molecule has 0 fully saturated rings. The van der Waals surface area contributed by atoms with Crippen molar-refractivity contribution in [3.05, 3.63) is 29.3 Å². The summed E-state index contributed by atoms with van der Waals surface area (Å²) in [6, 6.07) is 7.30. The van der Waals surface area contributed by atoms with E-state index < -0.39 is 11.4 Å². The van der Waals surface area contributed by atoms with Crippen molar-refractivity contribution in [3.63, 3.8) is 0 Å². The van der Waals surface area contributed by atoms with E-state index in [1.165, 1.54) is 0 Å². The van der Waals surface area contributed by atoms with Gasteiger partial charge in [-0.25, -0.2) is 0 Å². The second-order valence-electron chi connectivity index (χ2n) is 4.26. The molecule has 1 aromatic carbocycles. The fraction of sp³-hybridized carbons (Fsp3) is 0.333. The fourth-order valence-electron chi connectivity index (χ4n) is 1.27. The molecule has 0 atom stereocenters. The minimum Gasteiger partial charge on any atom is -0.371 e. The maximum atomic E-state index is 11.2. The molecule has 0 saturated heterocycles. The van der Waals surface area contributed by atoms with Crippen molar-refractivity contribution in [1.82, 2.24) is 0 Å². The third-order valence-electron chi connectivity index (χ3n) is 2.42. The number of nitrogens with two attached hydrogens (primary N) is 1.